The number of aryl methyl sites for hydroxylation is 1. The molecule has 4 heteroatoms. The van der Waals surface area contributed by atoms with Gasteiger partial charge >= 0.3 is 0 Å². The van der Waals surface area contributed by atoms with E-state index in [1.807, 2.05) is 49.5 Å². The van der Waals surface area contributed by atoms with Gasteiger partial charge in [0.25, 0.3) is 0 Å². The summed E-state index contributed by atoms with van der Waals surface area (Å²) < 4.78 is 3.29. The molecule has 0 unspecified atom stereocenters. The first-order chi connectivity index (χ1) is 11.5. The fourth-order valence-corrected chi connectivity index (χ4v) is 3.53. The molecule has 0 amide bonds. The largest absolute Gasteiger partial charge is 0.317 e. The van der Waals surface area contributed by atoms with Crippen LogP contribution in [0.4, 0.5) is 5.69 Å². The Labute approximate surface area is 155 Å². The second kappa shape index (κ2) is 6.96. The van der Waals surface area contributed by atoms with E-state index < -0.39 is 0 Å². The first-order valence-corrected chi connectivity index (χ1v) is 8.89. The van der Waals surface area contributed by atoms with E-state index in [2.05, 4.69) is 51.5 Å². The zero-order valence-corrected chi connectivity index (χ0v) is 16.2. The lowest BCUT2D eigenvalue weighted by molar-refractivity contribution is 0.962. The third-order valence-electron chi connectivity index (χ3n) is 4.13. The van der Waals surface area contributed by atoms with Crippen molar-refractivity contribution in [2.24, 2.45) is 4.99 Å². The summed E-state index contributed by atoms with van der Waals surface area (Å²) in [6, 6.07) is 16.1. The Balaban J connectivity index is 2.07. The lowest BCUT2D eigenvalue weighted by Gasteiger charge is -2.09. The van der Waals surface area contributed by atoms with Crippen molar-refractivity contribution in [2.45, 2.75) is 20.8 Å². The topological polar surface area (TPSA) is 17.3 Å². The molecule has 122 valence electrons. The van der Waals surface area contributed by atoms with Gasteiger partial charge in [0.05, 0.1) is 5.69 Å². The van der Waals surface area contributed by atoms with Crippen molar-refractivity contribution in [3.05, 3.63) is 80.5 Å². The van der Waals surface area contributed by atoms with Gasteiger partial charge in [-0.05, 0) is 66.5 Å². The molecule has 0 aliphatic rings. The van der Waals surface area contributed by atoms with Crippen LogP contribution in [-0.2, 0) is 0 Å². The highest BCUT2D eigenvalue weighted by Gasteiger charge is 2.15. The Hall–Kier alpha value is -1.84. The quantitative estimate of drug-likeness (QED) is 0.442. The molecule has 0 atom stereocenters. The molecule has 1 heterocycles. The van der Waals surface area contributed by atoms with Gasteiger partial charge in [0.1, 0.15) is 0 Å². The molecule has 3 aromatic rings. The molecule has 1 aromatic heterocycles. The molecule has 2 nitrogen and oxygen atoms in total. The lowest BCUT2D eigenvalue weighted by atomic mass is 10.2. The van der Waals surface area contributed by atoms with Crippen molar-refractivity contribution in [1.29, 1.82) is 0 Å². The van der Waals surface area contributed by atoms with Crippen LogP contribution in [0, 0.1) is 20.8 Å². The number of rotatable bonds is 3. The number of aliphatic imine (C=N–C) groups is 1. The third kappa shape index (κ3) is 3.19. The first-order valence-electron chi connectivity index (χ1n) is 7.72. The van der Waals surface area contributed by atoms with Crippen LogP contribution < -0.4 is 0 Å². The molecule has 2 aromatic carbocycles. The number of aromatic nitrogens is 1. The van der Waals surface area contributed by atoms with Crippen molar-refractivity contribution in [3.8, 4) is 5.69 Å². The smallest absolute Gasteiger partial charge is 0.0673 e. The molecular weight excluding hydrogens is 384 g/mol. The summed E-state index contributed by atoms with van der Waals surface area (Å²) in [7, 11) is 0. The van der Waals surface area contributed by atoms with Gasteiger partial charge in [-0.25, -0.2) is 0 Å². The predicted molar refractivity (Wildman–Crippen MR) is 106 cm³/mol. The molecule has 0 saturated carbocycles. The minimum Gasteiger partial charge on any atom is -0.317 e. The SMILES string of the molecule is Cc1ccc(Cl)cc1N=Cc1c(Br)c(C)n(-c2ccccc2)c1C. The summed E-state index contributed by atoms with van der Waals surface area (Å²) in [6.45, 7) is 6.24. The maximum absolute atomic E-state index is 6.08. The molecule has 0 fully saturated rings. The van der Waals surface area contributed by atoms with Crippen molar-refractivity contribution < 1.29 is 0 Å². The second-order valence-corrected chi connectivity index (χ2v) is 6.99. The van der Waals surface area contributed by atoms with E-state index in [-0.39, 0.29) is 0 Å². The standard InChI is InChI=1S/C20H18BrClN2/c1-13-9-10-16(22)11-19(13)23-12-18-14(2)24(15(3)20(18)21)17-7-5-4-6-8-17/h4-12H,1-3H3. The Morgan fingerprint density at radius 2 is 1.71 bits per heavy atom. The average molecular weight is 402 g/mol. The summed E-state index contributed by atoms with van der Waals surface area (Å²) >= 11 is 9.80. The molecule has 0 aliphatic heterocycles. The zero-order valence-electron chi connectivity index (χ0n) is 13.8. The van der Waals surface area contributed by atoms with Gasteiger partial charge in [0.15, 0.2) is 0 Å². The van der Waals surface area contributed by atoms with Gasteiger partial charge in [0.2, 0.25) is 0 Å². The highest BCUT2D eigenvalue weighted by atomic mass is 79.9. The van der Waals surface area contributed by atoms with E-state index in [9.17, 15) is 0 Å². The third-order valence-corrected chi connectivity index (χ3v) is 5.37. The first kappa shape index (κ1) is 17.0. The normalized spacial score (nSPS) is 11.4. The van der Waals surface area contributed by atoms with Gasteiger partial charge in [-0.3, -0.25) is 4.99 Å². The molecule has 0 radical (unpaired) electrons. The van der Waals surface area contributed by atoms with Crippen LogP contribution in [0.2, 0.25) is 5.02 Å². The van der Waals surface area contributed by atoms with Gasteiger partial charge in [0, 0.05) is 38.3 Å². The van der Waals surface area contributed by atoms with Crippen molar-refractivity contribution >= 4 is 39.4 Å². The number of hydrogen-bond donors (Lipinski definition) is 0. The molecule has 0 N–H and O–H groups in total. The van der Waals surface area contributed by atoms with Gasteiger partial charge < -0.3 is 4.57 Å². The maximum Gasteiger partial charge on any atom is 0.0673 e. The Morgan fingerprint density at radius 1 is 1.00 bits per heavy atom. The maximum atomic E-state index is 6.08. The summed E-state index contributed by atoms with van der Waals surface area (Å²) in [6.07, 6.45) is 1.91. The molecule has 0 spiro atoms. The Bertz CT molecular complexity index is 911. The molecule has 0 aliphatic carbocycles. The lowest BCUT2D eigenvalue weighted by Crippen LogP contribution is -1.99. The molecule has 0 bridgehead atoms. The minimum atomic E-state index is 0.696. The Morgan fingerprint density at radius 3 is 2.42 bits per heavy atom. The van der Waals surface area contributed by atoms with Crippen LogP contribution in [0.15, 0.2) is 58.0 Å². The highest BCUT2D eigenvalue weighted by molar-refractivity contribution is 9.10. The number of para-hydroxylation sites is 1. The number of halogens is 2. The van der Waals surface area contributed by atoms with Crippen LogP contribution in [-0.4, -0.2) is 10.8 Å². The van der Waals surface area contributed by atoms with Gasteiger partial charge in [-0.15, -0.1) is 0 Å². The van der Waals surface area contributed by atoms with E-state index in [1.165, 1.54) is 0 Å². The predicted octanol–water partition coefficient (Wildman–Crippen LogP) is 6.57. The summed E-state index contributed by atoms with van der Waals surface area (Å²) in [5.74, 6) is 0. The van der Waals surface area contributed by atoms with Gasteiger partial charge in [-0.1, -0.05) is 35.9 Å². The van der Waals surface area contributed by atoms with Crippen LogP contribution >= 0.6 is 27.5 Å². The molecule has 0 saturated heterocycles. The van der Waals surface area contributed by atoms with Gasteiger partial charge in [-0.2, -0.15) is 0 Å². The number of nitrogens with zero attached hydrogens (tertiary/aromatic N) is 2. The monoisotopic (exact) mass is 400 g/mol. The van der Waals surface area contributed by atoms with E-state index >= 15 is 0 Å². The molecule has 3 rings (SSSR count). The fourth-order valence-electron chi connectivity index (χ4n) is 2.79. The average Bonchev–Trinajstić information content (AvgIpc) is 2.79. The van der Waals surface area contributed by atoms with E-state index in [0.29, 0.717) is 5.02 Å². The number of benzene rings is 2. The summed E-state index contributed by atoms with van der Waals surface area (Å²) in [4.78, 5) is 4.65. The molecular formula is C20H18BrClN2. The van der Waals surface area contributed by atoms with Crippen LogP contribution in [0.5, 0.6) is 0 Å². The van der Waals surface area contributed by atoms with E-state index in [0.717, 1.165) is 38.4 Å². The van der Waals surface area contributed by atoms with E-state index in [4.69, 9.17) is 11.6 Å². The minimum absolute atomic E-state index is 0.696. The van der Waals surface area contributed by atoms with E-state index in [1.54, 1.807) is 0 Å². The van der Waals surface area contributed by atoms with Crippen LogP contribution in [0.25, 0.3) is 5.69 Å². The summed E-state index contributed by atoms with van der Waals surface area (Å²) in [5.41, 5.74) is 6.52. The highest BCUT2D eigenvalue weighted by Crippen LogP contribution is 2.30. The van der Waals surface area contributed by atoms with Crippen molar-refractivity contribution in [3.63, 3.8) is 0 Å². The zero-order chi connectivity index (χ0) is 17.3. The number of hydrogen-bond acceptors (Lipinski definition) is 1. The van der Waals surface area contributed by atoms with Crippen molar-refractivity contribution in [2.75, 3.05) is 0 Å². The van der Waals surface area contributed by atoms with Crippen LogP contribution in [0.1, 0.15) is 22.5 Å². The summed E-state index contributed by atoms with van der Waals surface area (Å²) in [5, 5.41) is 0.696. The Kier molecular flexibility index (Phi) is 4.93. The molecule has 24 heavy (non-hydrogen) atoms. The van der Waals surface area contributed by atoms with Crippen molar-refractivity contribution in [1.82, 2.24) is 4.57 Å². The van der Waals surface area contributed by atoms with Crippen LogP contribution in [0.3, 0.4) is 0 Å². The second-order valence-electron chi connectivity index (χ2n) is 5.76. The fraction of sp³-hybridized carbons (Fsp3) is 0.150.